The number of fused-ring (bicyclic) bond motifs is 1. The van der Waals surface area contributed by atoms with E-state index in [1.54, 1.807) is 12.3 Å². The maximum Gasteiger partial charge on any atom is 0.260 e. The van der Waals surface area contributed by atoms with Crippen LogP contribution in [0.25, 0.3) is 21.5 Å². The number of halogens is 1. The molecule has 17 heavy (non-hydrogen) atoms. The van der Waals surface area contributed by atoms with Gasteiger partial charge in [-0.05, 0) is 12.1 Å². The number of hydrogen-bond acceptors (Lipinski definition) is 4. The zero-order valence-electron chi connectivity index (χ0n) is 8.57. The number of nitrogens with one attached hydrogen (secondary N) is 1. The van der Waals surface area contributed by atoms with Crippen molar-refractivity contribution in [1.29, 1.82) is 0 Å². The molecule has 0 spiro atoms. The van der Waals surface area contributed by atoms with E-state index >= 15 is 0 Å². The lowest BCUT2D eigenvalue weighted by Crippen LogP contribution is -2.10. The predicted molar refractivity (Wildman–Crippen MR) is 67.5 cm³/mol. The molecule has 0 amide bonds. The number of thiophene rings is 1. The largest absolute Gasteiger partial charge is 0.464 e. The second kappa shape index (κ2) is 4.01. The van der Waals surface area contributed by atoms with Crippen molar-refractivity contribution in [2.75, 3.05) is 0 Å². The Morgan fingerprint density at radius 3 is 3.12 bits per heavy atom. The zero-order chi connectivity index (χ0) is 11.8. The van der Waals surface area contributed by atoms with Crippen LogP contribution in [0.5, 0.6) is 0 Å². The lowest BCUT2D eigenvalue weighted by Gasteiger charge is -1.96. The van der Waals surface area contributed by atoms with E-state index in [2.05, 4.69) is 9.97 Å². The Hall–Kier alpha value is -1.59. The first kappa shape index (κ1) is 10.6. The van der Waals surface area contributed by atoms with Gasteiger partial charge in [0.15, 0.2) is 0 Å². The Kier molecular flexibility index (Phi) is 2.49. The molecule has 86 valence electrons. The monoisotopic (exact) mass is 266 g/mol. The van der Waals surface area contributed by atoms with Gasteiger partial charge in [-0.1, -0.05) is 0 Å². The first-order valence-corrected chi connectivity index (χ1v) is 6.31. The van der Waals surface area contributed by atoms with E-state index in [-0.39, 0.29) is 11.4 Å². The molecule has 6 heteroatoms. The van der Waals surface area contributed by atoms with Gasteiger partial charge in [0, 0.05) is 10.9 Å². The number of furan rings is 1. The summed E-state index contributed by atoms with van der Waals surface area (Å²) in [6.45, 7) is 0. The van der Waals surface area contributed by atoms with Crippen LogP contribution in [0.1, 0.15) is 5.82 Å². The van der Waals surface area contributed by atoms with Gasteiger partial charge in [0.2, 0.25) is 0 Å². The van der Waals surface area contributed by atoms with E-state index in [0.717, 1.165) is 5.56 Å². The van der Waals surface area contributed by atoms with Crippen LogP contribution < -0.4 is 5.56 Å². The normalized spacial score (nSPS) is 11.1. The number of nitrogens with zero attached hydrogens (tertiary/aromatic N) is 1. The molecule has 0 aromatic carbocycles. The van der Waals surface area contributed by atoms with Gasteiger partial charge in [-0.3, -0.25) is 4.79 Å². The van der Waals surface area contributed by atoms with Crippen LogP contribution in [-0.2, 0) is 5.88 Å². The van der Waals surface area contributed by atoms with Crippen molar-refractivity contribution < 1.29 is 4.42 Å². The maximum absolute atomic E-state index is 11.9. The third-order valence-corrected chi connectivity index (χ3v) is 3.53. The van der Waals surface area contributed by atoms with Crippen molar-refractivity contribution >= 4 is 33.2 Å². The molecule has 0 unspecified atom stereocenters. The molecule has 3 heterocycles. The molecule has 4 nitrogen and oxygen atoms in total. The molecule has 0 aliphatic carbocycles. The lowest BCUT2D eigenvalue weighted by molar-refractivity contribution is 0.583. The summed E-state index contributed by atoms with van der Waals surface area (Å²) in [6.07, 6.45) is 1.58. The van der Waals surface area contributed by atoms with Crippen LogP contribution in [-0.4, -0.2) is 9.97 Å². The van der Waals surface area contributed by atoms with Crippen molar-refractivity contribution in [3.8, 4) is 11.3 Å². The minimum atomic E-state index is -0.182. The highest BCUT2D eigenvalue weighted by atomic mass is 35.5. The molecule has 3 rings (SSSR count). The molecule has 0 aliphatic rings. The minimum absolute atomic E-state index is 0.182. The van der Waals surface area contributed by atoms with Gasteiger partial charge >= 0.3 is 0 Å². The van der Waals surface area contributed by atoms with Crippen molar-refractivity contribution in [3.05, 3.63) is 40.0 Å². The topological polar surface area (TPSA) is 58.9 Å². The number of hydrogen-bond donors (Lipinski definition) is 1. The highest BCUT2D eigenvalue weighted by molar-refractivity contribution is 7.17. The molecule has 0 atom stereocenters. The van der Waals surface area contributed by atoms with Gasteiger partial charge in [0.1, 0.15) is 16.4 Å². The molecule has 0 bridgehead atoms. The van der Waals surface area contributed by atoms with Crippen LogP contribution in [0.4, 0.5) is 0 Å². The Labute approximate surface area is 105 Å². The minimum Gasteiger partial charge on any atom is -0.464 e. The standard InChI is InChI=1S/C11H7ClN2O2S/c12-4-8-13-10(15)9-6(5-17-11(9)14-8)7-2-1-3-16-7/h1-3,5H,4H2,(H,13,14,15). The molecule has 0 fully saturated rings. The summed E-state index contributed by atoms with van der Waals surface area (Å²) >= 11 is 7.07. The fourth-order valence-corrected chi connectivity index (χ4v) is 2.74. The molecule has 1 N–H and O–H groups in total. The van der Waals surface area contributed by atoms with Crippen molar-refractivity contribution in [2.45, 2.75) is 5.88 Å². The van der Waals surface area contributed by atoms with E-state index in [1.807, 2.05) is 11.4 Å². The summed E-state index contributed by atoms with van der Waals surface area (Å²) in [4.78, 5) is 19.6. The lowest BCUT2D eigenvalue weighted by atomic mass is 10.2. The second-order valence-electron chi connectivity index (χ2n) is 3.45. The Bertz CT molecular complexity index is 715. The Balaban J connectivity index is 2.33. The summed E-state index contributed by atoms with van der Waals surface area (Å²) < 4.78 is 5.30. The number of aromatic amines is 1. The van der Waals surface area contributed by atoms with Crippen molar-refractivity contribution in [2.24, 2.45) is 0 Å². The molecule has 0 saturated carbocycles. The molecule has 0 saturated heterocycles. The summed E-state index contributed by atoms with van der Waals surface area (Å²) in [7, 11) is 0. The highest BCUT2D eigenvalue weighted by Crippen LogP contribution is 2.30. The van der Waals surface area contributed by atoms with Crippen LogP contribution in [0, 0.1) is 0 Å². The average molecular weight is 267 g/mol. The summed E-state index contributed by atoms with van der Waals surface area (Å²) in [5.74, 6) is 1.35. The molecule has 3 aromatic heterocycles. The number of rotatable bonds is 2. The third kappa shape index (κ3) is 1.67. The van der Waals surface area contributed by atoms with Crippen molar-refractivity contribution in [3.63, 3.8) is 0 Å². The van der Waals surface area contributed by atoms with Gasteiger partial charge < -0.3 is 9.40 Å². The van der Waals surface area contributed by atoms with Crippen LogP contribution in [0.15, 0.2) is 33.0 Å². The van der Waals surface area contributed by atoms with Gasteiger partial charge in [-0.25, -0.2) is 4.98 Å². The Morgan fingerprint density at radius 1 is 1.53 bits per heavy atom. The van der Waals surface area contributed by atoms with Gasteiger partial charge in [-0.2, -0.15) is 0 Å². The molecule has 0 aliphatic heterocycles. The zero-order valence-corrected chi connectivity index (χ0v) is 10.1. The third-order valence-electron chi connectivity index (χ3n) is 2.41. The van der Waals surface area contributed by atoms with Gasteiger partial charge in [-0.15, -0.1) is 22.9 Å². The molecule has 3 aromatic rings. The number of alkyl halides is 1. The second-order valence-corrected chi connectivity index (χ2v) is 4.58. The van der Waals surface area contributed by atoms with E-state index in [0.29, 0.717) is 21.8 Å². The van der Waals surface area contributed by atoms with E-state index in [1.165, 1.54) is 11.3 Å². The van der Waals surface area contributed by atoms with E-state index in [4.69, 9.17) is 16.0 Å². The fourth-order valence-electron chi connectivity index (χ4n) is 1.67. The smallest absolute Gasteiger partial charge is 0.260 e. The first-order valence-electron chi connectivity index (χ1n) is 4.90. The summed E-state index contributed by atoms with van der Waals surface area (Å²) in [5.41, 5.74) is 0.586. The Morgan fingerprint density at radius 2 is 2.41 bits per heavy atom. The van der Waals surface area contributed by atoms with E-state index in [9.17, 15) is 4.79 Å². The van der Waals surface area contributed by atoms with Crippen LogP contribution in [0.2, 0.25) is 0 Å². The SMILES string of the molecule is O=c1[nH]c(CCl)nc2scc(-c3ccco3)c12. The quantitative estimate of drug-likeness (QED) is 0.726. The van der Waals surface area contributed by atoms with Gasteiger partial charge in [0.05, 0.1) is 17.5 Å². The van der Waals surface area contributed by atoms with Crippen LogP contribution >= 0.6 is 22.9 Å². The van der Waals surface area contributed by atoms with Crippen molar-refractivity contribution in [1.82, 2.24) is 9.97 Å². The number of aromatic nitrogens is 2. The average Bonchev–Trinajstić information content (AvgIpc) is 2.96. The maximum atomic E-state index is 11.9. The highest BCUT2D eigenvalue weighted by Gasteiger charge is 2.14. The first-order chi connectivity index (χ1) is 8.29. The molecule has 0 radical (unpaired) electrons. The van der Waals surface area contributed by atoms with Crippen LogP contribution in [0.3, 0.4) is 0 Å². The summed E-state index contributed by atoms with van der Waals surface area (Å²) in [6, 6.07) is 3.60. The summed E-state index contributed by atoms with van der Waals surface area (Å²) in [5, 5.41) is 2.42. The van der Waals surface area contributed by atoms with E-state index < -0.39 is 0 Å². The predicted octanol–water partition coefficient (Wildman–Crippen LogP) is 2.98. The number of H-pyrrole nitrogens is 1. The fraction of sp³-hybridized carbons (Fsp3) is 0.0909. The molecular weight excluding hydrogens is 260 g/mol. The molecular formula is C11H7ClN2O2S. The van der Waals surface area contributed by atoms with Gasteiger partial charge in [0.25, 0.3) is 5.56 Å².